The second-order valence-electron chi connectivity index (χ2n) is 7.04. The predicted molar refractivity (Wildman–Crippen MR) is 104 cm³/mol. The largest absolute Gasteiger partial charge is 0.206 e. The van der Waals surface area contributed by atoms with E-state index in [1.807, 2.05) is 0 Å². The lowest BCUT2D eigenvalue weighted by Gasteiger charge is -2.05. The number of rotatable bonds is 5. The Labute approximate surface area is 170 Å². The van der Waals surface area contributed by atoms with E-state index < -0.39 is 45.9 Å². The molecule has 0 aromatic heterocycles. The molecule has 3 aromatic carbocycles. The Kier molecular flexibility index (Phi) is 6.71. The van der Waals surface area contributed by atoms with Crippen molar-refractivity contribution in [2.45, 2.75) is 39.0 Å². The Morgan fingerprint density at radius 3 is 2.03 bits per heavy atom. The first-order chi connectivity index (χ1) is 14.3. The smallest absolute Gasteiger partial charge is 0.195 e. The molecule has 0 N–H and O–H groups in total. The maximum absolute atomic E-state index is 14.3. The van der Waals surface area contributed by atoms with E-state index in [4.69, 9.17) is 0 Å². The molecule has 30 heavy (non-hydrogen) atoms. The van der Waals surface area contributed by atoms with Crippen molar-refractivity contribution in [3.05, 3.63) is 81.9 Å². The van der Waals surface area contributed by atoms with Gasteiger partial charge in [0, 0.05) is 5.56 Å². The Balaban J connectivity index is 1.92. The van der Waals surface area contributed by atoms with Crippen molar-refractivity contribution in [1.29, 1.82) is 0 Å². The highest BCUT2D eigenvalue weighted by Gasteiger charge is 2.17. The highest BCUT2D eigenvalue weighted by molar-refractivity contribution is 5.85. The van der Waals surface area contributed by atoms with Crippen LogP contribution in [0.3, 0.4) is 0 Å². The molecule has 3 aromatic rings. The summed E-state index contributed by atoms with van der Waals surface area (Å²) in [5.41, 5.74) is -0.0199. The van der Waals surface area contributed by atoms with Gasteiger partial charge in [0.1, 0.15) is 17.5 Å². The van der Waals surface area contributed by atoms with E-state index in [9.17, 15) is 26.3 Å². The number of halogens is 6. The number of benzene rings is 3. The highest BCUT2D eigenvalue weighted by Crippen LogP contribution is 2.27. The molecule has 156 valence electrons. The van der Waals surface area contributed by atoms with Crippen molar-refractivity contribution in [2.75, 3.05) is 0 Å². The second-order valence-corrected chi connectivity index (χ2v) is 7.04. The SMILES string of the molecule is CCCCCCc1cc(F)c(C#Cc2cc(F)c3c(F)c(F)c(F)cc3c2)c(F)c1. The van der Waals surface area contributed by atoms with Crippen LogP contribution in [0.25, 0.3) is 10.8 Å². The zero-order chi connectivity index (χ0) is 21.8. The third kappa shape index (κ3) is 4.62. The van der Waals surface area contributed by atoms with Crippen molar-refractivity contribution < 1.29 is 26.3 Å². The Hall–Kier alpha value is -2.94. The Morgan fingerprint density at radius 1 is 0.667 bits per heavy atom. The van der Waals surface area contributed by atoms with Crippen LogP contribution in [0.4, 0.5) is 26.3 Å². The van der Waals surface area contributed by atoms with E-state index in [-0.39, 0.29) is 10.9 Å². The molecule has 0 bridgehead atoms. The van der Waals surface area contributed by atoms with Gasteiger partial charge >= 0.3 is 0 Å². The molecule has 0 heterocycles. The summed E-state index contributed by atoms with van der Waals surface area (Å²) in [6.07, 6.45) is 4.45. The maximum Gasteiger partial charge on any atom is 0.195 e. The van der Waals surface area contributed by atoms with Gasteiger partial charge in [-0.25, -0.2) is 26.3 Å². The minimum absolute atomic E-state index is 0.0622. The van der Waals surface area contributed by atoms with Crippen LogP contribution in [0.5, 0.6) is 0 Å². The summed E-state index contributed by atoms with van der Waals surface area (Å²) >= 11 is 0. The molecule has 0 aliphatic heterocycles. The van der Waals surface area contributed by atoms with Crippen molar-refractivity contribution in [1.82, 2.24) is 0 Å². The van der Waals surface area contributed by atoms with Crippen LogP contribution < -0.4 is 0 Å². The highest BCUT2D eigenvalue weighted by atomic mass is 19.2. The van der Waals surface area contributed by atoms with Gasteiger partial charge in [-0.1, -0.05) is 38.0 Å². The molecule has 0 fully saturated rings. The first-order valence-corrected chi connectivity index (χ1v) is 9.58. The normalized spacial score (nSPS) is 10.9. The standard InChI is InChI=1S/C24H18F6/c1-2-3-4-5-6-14-10-18(25)17(19(26)11-14)8-7-15-9-16-13-21(28)23(29)24(30)22(16)20(27)12-15/h9-13H,2-6H2,1H3. The Morgan fingerprint density at radius 2 is 1.37 bits per heavy atom. The number of hydrogen-bond donors (Lipinski definition) is 0. The van der Waals surface area contributed by atoms with E-state index in [0.29, 0.717) is 18.1 Å². The fourth-order valence-corrected chi connectivity index (χ4v) is 3.24. The van der Waals surface area contributed by atoms with Crippen LogP contribution in [0.2, 0.25) is 0 Å². The first-order valence-electron chi connectivity index (χ1n) is 9.58. The van der Waals surface area contributed by atoms with Gasteiger partial charge in [0.2, 0.25) is 0 Å². The molecule has 0 saturated carbocycles. The van der Waals surface area contributed by atoms with Gasteiger partial charge in [0.25, 0.3) is 0 Å². The number of unbranched alkanes of at least 4 members (excludes halogenated alkanes) is 3. The summed E-state index contributed by atoms with van der Waals surface area (Å²) in [4.78, 5) is 0. The molecule has 0 nitrogen and oxygen atoms in total. The lowest BCUT2D eigenvalue weighted by molar-refractivity contribution is 0.451. The van der Waals surface area contributed by atoms with Gasteiger partial charge in [-0.15, -0.1) is 0 Å². The molecule has 3 rings (SSSR count). The molecular weight excluding hydrogens is 402 g/mol. The number of hydrogen-bond acceptors (Lipinski definition) is 0. The molecule has 6 heteroatoms. The maximum atomic E-state index is 14.3. The molecule has 0 aliphatic carbocycles. The average molecular weight is 420 g/mol. The molecular formula is C24H18F6. The van der Waals surface area contributed by atoms with E-state index >= 15 is 0 Å². The molecule has 0 amide bonds. The monoisotopic (exact) mass is 420 g/mol. The third-order valence-corrected chi connectivity index (χ3v) is 4.78. The fourth-order valence-electron chi connectivity index (χ4n) is 3.24. The van der Waals surface area contributed by atoms with Crippen molar-refractivity contribution >= 4 is 10.8 Å². The van der Waals surface area contributed by atoms with Crippen LogP contribution in [0, 0.1) is 46.7 Å². The van der Waals surface area contributed by atoms with E-state index in [0.717, 1.165) is 37.8 Å². The molecule has 0 saturated heterocycles. The lowest BCUT2D eigenvalue weighted by Crippen LogP contribution is -1.96. The summed E-state index contributed by atoms with van der Waals surface area (Å²) < 4.78 is 83.3. The van der Waals surface area contributed by atoms with Crippen LogP contribution in [0.15, 0.2) is 30.3 Å². The quantitative estimate of drug-likeness (QED) is 0.177. The minimum atomic E-state index is -1.78. The molecule has 0 atom stereocenters. The fraction of sp³-hybridized carbons (Fsp3) is 0.250. The molecule has 0 aliphatic rings. The lowest BCUT2D eigenvalue weighted by atomic mass is 10.0. The second kappa shape index (κ2) is 9.25. The van der Waals surface area contributed by atoms with Crippen molar-refractivity contribution in [2.24, 2.45) is 0 Å². The molecule has 0 unspecified atom stereocenters. The minimum Gasteiger partial charge on any atom is -0.206 e. The van der Waals surface area contributed by atoms with Gasteiger partial charge < -0.3 is 0 Å². The average Bonchev–Trinajstić information content (AvgIpc) is 2.68. The van der Waals surface area contributed by atoms with Gasteiger partial charge in [0.15, 0.2) is 17.5 Å². The van der Waals surface area contributed by atoms with Gasteiger partial charge in [-0.3, -0.25) is 0 Å². The van der Waals surface area contributed by atoms with Crippen LogP contribution in [-0.4, -0.2) is 0 Å². The molecule has 0 spiro atoms. The van der Waals surface area contributed by atoms with E-state index in [1.165, 1.54) is 12.1 Å². The van der Waals surface area contributed by atoms with Crippen LogP contribution >= 0.6 is 0 Å². The third-order valence-electron chi connectivity index (χ3n) is 4.78. The van der Waals surface area contributed by atoms with Crippen molar-refractivity contribution in [3.63, 3.8) is 0 Å². The topological polar surface area (TPSA) is 0 Å². The zero-order valence-corrected chi connectivity index (χ0v) is 16.2. The summed E-state index contributed by atoms with van der Waals surface area (Å²) in [5.74, 6) is -3.03. The van der Waals surface area contributed by atoms with Crippen molar-refractivity contribution in [3.8, 4) is 11.8 Å². The van der Waals surface area contributed by atoms with Gasteiger partial charge in [-0.05, 0) is 54.1 Å². The predicted octanol–water partition coefficient (Wildman–Crippen LogP) is 7.20. The van der Waals surface area contributed by atoms with E-state index in [1.54, 1.807) is 0 Å². The van der Waals surface area contributed by atoms with E-state index in [2.05, 4.69) is 18.8 Å². The Bertz CT molecular complexity index is 1130. The van der Waals surface area contributed by atoms with Gasteiger partial charge in [0.05, 0.1) is 10.9 Å². The van der Waals surface area contributed by atoms with Crippen LogP contribution in [0.1, 0.15) is 49.3 Å². The number of aryl methyl sites for hydroxylation is 1. The summed E-state index contributed by atoms with van der Waals surface area (Å²) in [7, 11) is 0. The first kappa shape index (κ1) is 21.8. The number of fused-ring (bicyclic) bond motifs is 1. The zero-order valence-electron chi connectivity index (χ0n) is 16.2. The summed E-state index contributed by atoms with van der Waals surface area (Å²) in [6, 6.07) is 4.99. The summed E-state index contributed by atoms with van der Waals surface area (Å²) in [5, 5.41) is -0.969. The summed E-state index contributed by atoms with van der Waals surface area (Å²) in [6.45, 7) is 2.07. The molecule has 0 radical (unpaired) electrons. The van der Waals surface area contributed by atoms with Gasteiger partial charge in [-0.2, -0.15) is 0 Å². The van der Waals surface area contributed by atoms with Crippen LogP contribution in [-0.2, 0) is 6.42 Å².